The summed E-state index contributed by atoms with van der Waals surface area (Å²) >= 11 is 0. The number of fused-ring (bicyclic) bond motifs is 1. The van der Waals surface area contributed by atoms with Crippen molar-refractivity contribution in [3.8, 4) is 23.1 Å². The Hall–Kier alpha value is -3.72. The van der Waals surface area contributed by atoms with Crippen LogP contribution in [0.15, 0.2) is 24.3 Å². The molecule has 2 aromatic heterocycles. The molecular formula is C22H24F3N7O2. The van der Waals surface area contributed by atoms with Gasteiger partial charge in [0.25, 0.3) is 0 Å². The van der Waals surface area contributed by atoms with Crippen LogP contribution in [0.5, 0.6) is 5.75 Å². The Balaban J connectivity index is 1.79. The number of alkyl halides is 3. The van der Waals surface area contributed by atoms with Gasteiger partial charge in [0.15, 0.2) is 5.69 Å². The number of carbonyl (C=O) groups excluding carboxylic acids is 1. The maximum Gasteiger partial charge on any atom is 0.419 e. The maximum atomic E-state index is 13.8. The number of likely N-dealkylation sites (N-methyl/N-ethyl adjacent to an activating group) is 2. The summed E-state index contributed by atoms with van der Waals surface area (Å²) in [4.78, 5) is 19.1. The van der Waals surface area contributed by atoms with Crippen molar-refractivity contribution in [2.75, 3.05) is 40.8 Å². The average Bonchev–Trinajstić information content (AvgIpc) is 3.16. The van der Waals surface area contributed by atoms with Crippen molar-refractivity contribution in [1.29, 1.82) is 5.26 Å². The lowest BCUT2D eigenvalue weighted by molar-refractivity contribution is -0.139. The number of carbonyl (C=O) groups is 1. The molecule has 0 radical (unpaired) electrons. The van der Waals surface area contributed by atoms with Gasteiger partial charge in [-0.2, -0.15) is 18.4 Å². The number of hydrogen-bond acceptors (Lipinski definition) is 7. The molecule has 9 nitrogen and oxygen atoms in total. The minimum absolute atomic E-state index is 0.0219. The molecule has 0 aliphatic carbocycles. The van der Waals surface area contributed by atoms with E-state index in [1.54, 1.807) is 33.1 Å². The molecule has 0 bridgehead atoms. The molecule has 0 saturated heterocycles. The molecule has 0 aliphatic rings. The first-order chi connectivity index (χ1) is 16.0. The zero-order valence-electron chi connectivity index (χ0n) is 19.2. The number of pyridine rings is 1. The van der Waals surface area contributed by atoms with E-state index in [1.165, 1.54) is 27.8 Å². The molecule has 3 aromatic rings. The van der Waals surface area contributed by atoms with Gasteiger partial charge < -0.3 is 9.64 Å². The molecule has 34 heavy (non-hydrogen) atoms. The van der Waals surface area contributed by atoms with Gasteiger partial charge in [-0.05, 0) is 37.7 Å². The van der Waals surface area contributed by atoms with Crippen LogP contribution in [0, 0.1) is 11.3 Å². The van der Waals surface area contributed by atoms with Gasteiger partial charge >= 0.3 is 6.18 Å². The minimum atomic E-state index is -4.66. The number of amides is 1. The summed E-state index contributed by atoms with van der Waals surface area (Å²) in [6, 6.07) is 7.11. The predicted molar refractivity (Wildman–Crippen MR) is 118 cm³/mol. The fourth-order valence-electron chi connectivity index (χ4n) is 3.26. The molecule has 0 N–H and O–H groups in total. The summed E-state index contributed by atoms with van der Waals surface area (Å²) in [6.45, 7) is 0.745. The van der Waals surface area contributed by atoms with Crippen LogP contribution in [0.25, 0.3) is 22.3 Å². The molecule has 0 atom stereocenters. The highest BCUT2D eigenvalue weighted by atomic mass is 19.4. The second kappa shape index (κ2) is 10.0. The molecule has 1 aromatic carbocycles. The van der Waals surface area contributed by atoms with Gasteiger partial charge in [0, 0.05) is 33.3 Å². The fraction of sp³-hybridized carbons (Fsp3) is 0.409. The number of hydrogen-bond donors (Lipinski definition) is 0. The van der Waals surface area contributed by atoms with E-state index in [0.29, 0.717) is 18.5 Å². The number of benzene rings is 1. The number of aryl methyl sites for hydroxylation is 1. The van der Waals surface area contributed by atoms with E-state index in [1.807, 2.05) is 6.07 Å². The van der Waals surface area contributed by atoms with Gasteiger partial charge in [0.2, 0.25) is 5.91 Å². The molecule has 180 valence electrons. The highest BCUT2D eigenvalue weighted by molar-refractivity contribution is 5.83. The van der Waals surface area contributed by atoms with Crippen molar-refractivity contribution in [1.82, 2.24) is 29.8 Å². The Morgan fingerprint density at radius 3 is 2.62 bits per heavy atom. The average molecular weight is 475 g/mol. The van der Waals surface area contributed by atoms with Gasteiger partial charge in [0.1, 0.15) is 17.3 Å². The molecule has 0 fully saturated rings. The molecule has 0 unspecified atom stereocenters. The van der Waals surface area contributed by atoms with Gasteiger partial charge in [-0.3, -0.25) is 9.69 Å². The Morgan fingerprint density at radius 2 is 1.97 bits per heavy atom. The van der Waals surface area contributed by atoms with Crippen LogP contribution in [0.2, 0.25) is 0 Å². The molecule has 0 spiro atoms. The maximum absolute atomic E-state index is 13.8. The number of nitriles is 1. The van der Waals surface area contributed by atoms with Crippen molar-refractivity contribution >= 4 is 16.9 Å². The Bertz CT molecular complexity index is 1230. The first-order valence-electron chi connectivity index (χ1n) is 10.3. The minimum Gasteiger partial charge on any atom is -0.493 e. The monoisotopic (exact) mass is 475 g/mol. The summed E-state index contributed by atoms with van der Waals surface area (Å²) in [5, 5.41) is 17.1. The third-order valence-corrected chi connectivity index (χ3v) is 5.13. The van der Waals surface area contributed by atoms with Crippen LogP contribution in [-0.4, -0.2) is 76.5 Å². The normalized spacial score (nSPS) is 11.6. The van der Waals surface area contributed by atoms with Crippen LogP contribution in [0.1, 0.15) is 17.7 Å². The summed E-state index contributed by atoms with van der Waals surface area (Å²) in [5.41, 5.74) is 0.172. The Kier molecular flexibility index (Phi) is 7.36. The highest BCUT2D eigenvalue weighted by Crippen LogP contribution is 2.39. The summed E-state index contributed by atoms with van der Waals surface area (Å²) < 4.78 is 48.2. The lowest BCUT2D eigenvalue weighted by Crippen LogP contribution is -2.35. The largest absolute Gasteiger partial charge is 0.493 e. The van der Waals surface area contributed by atoms with Crippen molar-refractivity contribution in [2.45, 2.75) is 12.6 Å². The van der Waals surface area contributed by atoms with Crippen molar-refractivity contribution in [3.05, 3.63) is 35.5 Å². The topological polar surface area (TPSA) is 100 Å². The third-order valence-electron chi connectivity index (χ3n) is 5.13. The van der Waals surface area contributed by atoms with Gasteiger partial charge in [0.05, 0.1) is 29.9 Å². The highest BCUT2D eigenvalue weighted by Gasteiger charge is 2.35. The number of ether oxygens (including phenoxy) is 1. The molecule has 3 rings (SSSR count). The zero-order chi connectivity index (χ0) is 25.0. The molecule has 2 heterocycles. The SMILES string of the molecule is CN(CCCOc1ccc(-c2cc3c(nnn3C)c(C#N)n2)cc1C(F)(F)F)CC(=O)N(C)C. The molecular weight excluding hydrogens is 451 g/mol. The first kappa shape index (κ1) is 24.9. The van der Waals surface area contributed by atoms with Crippen molar-refractivity contribution in [2.24, 2.45) is 7.05 Å². The van der Waals surface area contributed by atoms with Gasteiger partial charge in [-0.1, -0.05) is 5.21 Å². The van der Waals surface area contributed by atoms with E-state index in [0.717, 1.165) is 6.07 Å². The van der Waals surface area contributed by atoms with Gasteiger partial charge in [-0.15, -0.1) is 5.10 Å². The van der Waals surface area contributed by atoms with E-state index in [2.05, 4.69) is 15.3 Å². The van der Waals surface area contributed by atoms with Crippen molar-refractivity contribution < 1.29 is 22.7 Å². The second-order valence-electron chi connectivity index (χ2n) is 7.99. The van der Waals surface area contributed by atoms with E-state index >= 15 is 0 Å². The number of rotatable bonds is 8. The zero-order valence-corrected chi connectivity index (χ0v) is 19.2. The van der Waals surface area contributed by atoms with E-state index < -0.39 is 11.7 Å². The third kappa shape index (κ3) is 5.60. The standard InChI is InChI=1S/C22H24F3N7O2/c1-30(2)20(33)13-31(3)8-5-9-34-19-7-6-14(10-15(19)22(23,24)25)16-11-18-21(17(12-26)27-16)28-29-32(18)4/h6-7,10-11H,5,8-9,13H2,1-4H3. The summed E-state index contributed by atoms with van der Waals surface area (Å²) in [5.74, 6) is -0.362. The van der Waals surface area contributed by atoms with Crippen LogP contribution in [0.3, 0.4) is 0 Å². The van der Waals surface area contributed by atoms with E-state index in [-0.39, 0.29) is 47.3 Å². The Labute approximate surface area is 194 Å². The van der Waals surface area contributed by atoms with Crippen LogP contribution in [-0.2, 0) is 18.0 Å². The molecule has 0 saturated carbocycles. The quantitative estimate of drug-likeness (QED) is 0.462. The molecule has 0 aliphatic heterocycles. The van der Waals surface area contributed by atoms with E-state index in [9.17, 15) is 23.2 Å². The van der Waals surface area contributed by atoms with Gasteiger partial charge in [-0.25, -0.2) is 9.67 Å². The van der Waals surface area contributed by atoms with Crippen LogP contribution < -0.4 is 4.74 Å². The van der Waals surface area contributed by atoms with Crippen LogP contribution >= 0.6 is 0 Å². The summed E-state index contributed by atoms with van der Waals surface area (Å²) in [7, 11) is 6.69. The van der Waals surface area contributed by atoms with Crippen molar-refractivity contribution in [3.63, 3.8) is 0 Å². The lowest BCUT2D eigenvalue weighted by atomic mass is 10.1. The Morgan fingerprint density at radius 1 is 1.24 bits per heavy atom. The molecule has 1 amide bonds. The smallest absolute Gasteiger partial charge is 0.419 e. The van der Waals surface area contributed by atoms with Crippen LogP contribution in [0.4, 0.5) is 13.2 Å². The fourth-order valence-corrected chi connectivity index (χ4v) is 3.26. The predicted octanol–water partition coefficient (Wildman–Crippen LogP) is 2.71. The molecule has 12 heteroatoms. The first-order valence-corrected chi connectivity index (χ1v) is 10.3. The number of nitrogens with zero attached hydrogens (tertiary/aromatic N) is 7. The number of aromatic nitrogens is 4. The van der Waals surface area contributed by atoms with E-state index in [4.69, 9.17) is 4.74 Å². The number of halogens is 3. The second-order valence-corrected chi connectivity index (χ2v) is 7.99. The lowest BCUT2D eigenvalue weighted by Gasteiger charge is -2.19. The summed E-state index contributed by atoms with van der Waals surface area (Å²) in [6.07, 6.45) is -4.22.